The van der Waals surface area contributed by atoms with Crippen LogP contribution in [0.25, 0.3) is 0 Å². The highest BCUT2D eigenvalue weighted by atomic mass is 16.2. The first-order chi connectivity index (χ1) is 14.5. The van der Waals surface area contributed by atoms with Gasteiger partial charge in [-0.3, -0.25) is 9.59 Å². The highest BCUT2D eigenvalue weighted by Crippen LogP contribution is 2.20. The Morgan fingerprint density at radius 1 is 0.900 bits per heavy atom. The van der Waals surface area contributed by atoms with Gasteiger partial charge in [0.15, 0.2) is 0 Å². The average molecular weight is 402 g/mol. The minimum atomic E-state index is -0.191. The monoisotopic (exact) mass is 401 g/mol. The number of carbonyl (C=O) groups excluding carboxylic acids is 2. The summed E-state index contributed by atoms with van der Waals surface area (Å²) in [7, 11) is 0. The minimum Gasteiger partial charge on any atom is -0.376 e. The van der Waals surface area contributed by atoms with E-state index in [9.17, 15) is 9.59 Å². The molecule has 0 radical (unpaired) electrons. The van der Waals surface area contributed by atoms with Crippen molar-refractivity contribution < 1.29 is 9.59 Å². The van der Waals surface area contributed by atoms with Crippen molar-refractivity contribution in [2.75, 3.05) is 22.1 Å². The van der Waals surface area contributed by atoms with Crippen molar-refractivity contribution in [2.45, 2.75) is 26.8 Å². The van der Waals surface area contributed by atoms with Crippen molar-refractivity contribution >= 4 is 28.9 Å². The van der Waals surface area contributed by atoms with Crippen LogP contribution in [0.15, 0.2) is 78.9 Å². The first-order valence-electron chi connectivity index (χ1n) is 10.0. The van der Waals surface area contributed by atoms with Crippen LogP contribution in [-0.2, 0) is 4.79 Å². The van der Waals surface area contributed by atoms with Gasteiger partial charge in [0.1, 0.15) is 0 Å². The van der Waals surface area contributed by atoms with Crippen LogP contribution >= 0.6 is 0 Å². The average Bonchev–Trinajstić information content (AvgIpc) is 2.74. The van der Waals surface area contributed by atoms with Crippen molar-refractivity contribution in [3.63, 3.8) is 0 Å². The van der Waals surface area contributed by atoms with Gasteiger partial charge in [-0.05, 0) is 62.7 Å². The highest BCUT2D eigenvalue weighted by Gasteiger charge is 2.19. The van der Waals surface area contributed by atoms with Gasteiger partial charge in [0.2, 0.25) is 5.91 Å². The molecule has 30 heavy (non-hydrogen) atoms. The molecule has 0 saturated heterocycles. The maximum atomic E-state index is 12.9. The van der Waals surface area contributed by atoms with Gasteiger partial charge < -0.3 is 15.5 Å². The standard InChI is InChI=1S/C25H27N3O2/c1-18(2)28(22-12-8-5-9-13-22)24(29)17-26-23-16-20(15-14-19(23)3)25(30)27-21-10-6-4-7-11-21/h4-16,18,26H,17H2,1-3H3,(H,27,30). The second-order valence-corrected chi connectivity index (χ2v) is 7.40. The molecule has 0 heterocycles. The van der Waals surface area contributed by atoms with Gasteiger partial charge in [-0.1, -0.05) is 42.5 Å². The molecule has 3 aromatic rings. The van der Waals surface area contributed by atoms with E-state index in [1.54, 1.807) is 17.0 Å². The normalized spacial score (nSPS) is 10.5. The third kappa shape index (κ3) is 5.26. The van der Waals surface area contributed by atoms with Crippen LogP contribution in [0, 0.1) is 6.92 Å². The molecule has 0 aliphatic heterocycles. The molecule has 2 amide bonds. The topological polar surface area (TPSA) is 61.4 Å². The second-order valence-electron chi connectivity index (χ2n) is 7.40. The zero-order valence-electron chi connectivity index (χ0n) is 17.6. The second kappa shape index (κ2) is 9.74. The van der Waals surface area contributed by atoms with E-state index in [1.807, 2.05) is 87.5 Å². The molecule has 0 saturated carbocycles. The predicted molar refractivity (Wildman–Crippen MR) is 123 cm³/mol. The fraction of sp³-hybridized carbons (Fsp3) is 0.200. The number of hydrogen-bond acceptors (Lipinski definition) is 3. The van der Waals surface area contributed by atoms with Crippen LogP contribution < -0.4 is 15.5 Å². The molecule has 3 aromatic carbocycles. The molecule has 0 unspecified atom stereocenters. The molecule has 5 nitrogen and oxygen atoms in total. The molecule has 0 aliphatic rings. The number of carbonyl (C=O) groups is 2. The summed E-state index contributed by atoms with van der Waals surface area (Å²) in [6, 6.07) is 24.4. The lowest BCUT2D eigenvalue weighted by atomic mass is 10.1. The number of amides is 2. The Morgan fingerprint density at radius 3 is 2.17 bits per heavy atom. The molecule has 3 rings (SSSR count). The van der Waals surface area contributed by atoms with Crippen molar-refractivity contribution in [1.82, 2.24) is 0 Å². The van der Waals surface area contributed by atoms with Gasteiger partial charge >= 0.3 is 0 Å². The third-order valence-corrected chi connectivity index (χ3v) is 4.78. The molecule has 154 valence electrons. The Balaban J connectivity index is 1.71. The first-order valence-corrected chi connectivity index (χ1v) is 10.0. The van der Waals surface area contributed by atoms with Crippen molar-refractivity contribution in [3.05, 3.63) is 90.0 Å². The lowest BCUT2D eigenvalue weighted by Crippen LogP contribution is -2.40. The number of rotatable bonds is 7. The van der Waals surface area contributed by atoms with Crippen LogP contribution in [-0.4, -0.2) is 24.4 Å². The van der Waals surface area contributed by atoms with E-state index in [2.05, 4.69) is 10.6 Å². The van der Waals surface area contributed by atoms with Crippen LogP contribution in [0.2, 0.25) is 0 Å². The summed E-state index contributed by atoms with van der Waals surface area (Å²) in [5.41, 5.74) is 3.87. The van der Waals surface area contributed by atoms with Crippen molar-refractivity contribution in [2.24, 2.45) is 0 Å². The van der Waals surface area contributed by atoms with Crippen molar-refractivity contribution in [1.29, 1.82) is 0 Å². The van der Waals surface area contributed by atoms with E-state index in [0.717, 1.165) is 22.6 Å². The van der Waals surface area contributed by atoms with E-state index in [4.69, 9.17) is 0 Å². The van der Waals surface area contributed by atoms with E-state index in [-0.39, 0.29) is 24.4 Å². The maximum absolute atomic E-state index is 12.9. The van der Waals surface area contributed by atoms with E-state index < -0.39 is 0 Å². The fourth-order valence-corrected chi connectivity index (χ4v) is 3.25. The molecular formula is C25H27N3O2. The smallest absolute Gasteiger partial charge is 0.255 e. The lowest BCUT2D eigenvalue weighted by molar-refractivity contribution is -0.117. The van der Waals surface area contributed by atoms with Gasteiger partial charge in [0.05, 0.1) is 6.54 Å². The summed E-state index contributed by atoms with van der Waals surface area (Å²) < 4.78 is 0. The Hall–Kier alpha value is -3.60. The Bertz CT molecular complexity index is 1000. The summed E-state index contributed by atoms with van der Waals surface area (Å²) in [6.07, 6.45) is 0. The summed E-state index contributed by atoms with van der Waals surface area (Å²) >= 11 is 0. The molecule has 0 spiro atoms. The largest absolute Gasteiger partial charge is 0.376 e. The lowest BCUT2D eigenvalue weighted by Gasteiger charge is -2.27. The molecule has 0 bridgehead atoms. The van der Waals surface area contributed by atoms with Gasteiger partial charge in [0, 0.05) is 28.7 Å². The van der Waals surface area contributed by atoms with Crippen molar-refractivity contribution in [3.8, 4) is 0 Å². The zero-order chi connectivity index (χ0) is 21.5. The quantitative estimate of drug-likeness (QED) is 0.579. The molecule has 0 aliphatic carbocycles. The van der Waals surface area contributed by atoms with Gasteiger partial charge in [-0.25, -0.2) is 0 Å². The van der Waals surface area contributed by atoms with Crippen LogP contribution in [0.4, 0.5) is 17.1 Å². The molecule has 5 heteroatoms. The number of aryl methyl sites for hydroxylation is 1. The zero-order valence-corrected chi connectivity index (χ0v) is 17.6. The van der Waals surface area contributed by atoms with Crippen LogP contribution in [0.1, 0.15) is 29.8 Å². The fourth-order valence-electron chi connectivity index (χ4n) is 3.25. The molecule has 0 fully saturated rings. The number of nitrogens with one attached hydrogen (secondary N) is 2. The Morgan fingerprint density at radius 2 is 1.53 bits per heavy atom. The highest BCUT2D eigenvalue weighted by molar-refractivity contribution is 6.05. The minimum absolute atomic E-state index is 0.0326. The molecular weight excluding hydrogens is 374 g/mol. The Kier molecular flexibility index (Phi) is 6.86. The SMILES string of the molecule is Cc1ccc(C(=O)Nc2ccccc2)cc1NCC(=O)N(c1ccccc1)C(C)C. The predicted octanol–water partition coefficient (Wildman–Crippen LogP) is 5.10. The molecule has 0 atom stereocenters. The number of para-hydroxylation sites is 2. The van der Waals surface area contributed by atoms with E-state index in [1.165, 1.54) is 0 Å². The van der Waals surface area contributed by atoms with Gasteiger partial charge in [-0.2, -0.15) is 0 Å². The van der Waals surface area contributed by atoms with E-state index >= 15 is 0 Å². The molecule has 0 aromatic heterocycles. The summed E-state index contributed by atoms with van der Waals surface area (Å²) in [5, 5.41) is 6.09. The van der Waals surface area contributed by atoms with Crippen LogP contribution in [0.5, 0.6) is 0 Å². The first kappa shape index (κ1) is 21.1. The van der Waals surface area contributed by atoms with Crippen LogP contribution in [0.3, 0.4) is 0 Å². The van der Waals surface area contributed by atoms with Gasteiger partial charge in [-0.15, -0.1) is 0 Å². The maximum Gasteiger partial charge on any atom is 0.255 e. The summed E-state index contributed by atoms with van der Waals surface area (Å²) in [4.78, 5) is 27.3. The van der Waals surface area contributed by atoms with E-state index in [0.29, 0.717) is 5.56 Å². The summed E-state index contributed by atoms with van der Waals surface area (Å²) in [6.45, 7) is 6.07. The Labute approximate surface area is 177 Å². The third-order valence-electron chi connectivity index (χ3n) is 4.78. The summed E-state index contributed by atoms with van der Waals surface area (Å²) in [5.74, 6) is -0.224. The number of anilines is 3. The number of benzene rings is 3. The molecule has 2 N–H and O–H groups in total. The van der Waals surface area contributed by atoms with Gasteiger partial charge in [0.25, 0.3) is 5.91 Å². The number of hydrogen-bond donors (Lipinski definition) is 2. The number of nitrogens with zero attached hydrogens (tertiary/aromatic N) is 1.